The molecular formula is C15H24N2O3. The smallest absolute Gasteiger partial charge is 0.317 e. The maximum Gasteiger partial charge on any atom is 0.317 e. The summed E-state index contributed by atoms with van der Waals surface area (Å²) in [7, 11) is 0. The number of amides is 2. The molecular weight excluding hydrogens is 256 g/mol. The highest BCUT2D eigenvalue weighted by Gasteiger charge is 2.30. The molecule has 2 amide bonds. The number of ether oxygens (including phenoxy) is 1. The van der Waals surface area contributed by atoms with E-state index in [1.165, 1.54) is 0 Å². The summed E-state index contributed by atoms with van der Waals surface area (Å²) < 4.78 is 10.6. The number of nitrogens with zero attached hydrogens (tertiary/aromatic N) is 1. The Morgan fingerprint density at radius 3 is 2.85 bits per heavy atom. The van der Waals surface area contributed by atoms with E-state index in [2.05, 4.69) is 19.2 Å². The third kappa shape index (κ3) is 4.00. The third-order valence-corrected chi connectivity index (χ3v) is 3.75. The molecule has 5 heteroatoms. The summed E-state index contributed by atoms with van der Waals surface area (Å²) in [6, 6.07) is 4.48. The van der Waals surface area contributed by atoms with Crippen molar-refractivity contribution in [2.75, 3.05) is 13.2 Å². The number of urea groups is 1. The highest BCUT2D eigenvalue weighted by Crippen LogP contribution is 2.23. The summed E-state index contributed by atoms with van der Waals surface area (Å²) in [5.74, 6) is 0.828. The Morgan fingerprint density at radius 2 is 2.20 bits per heavy atom. The van der Waals surface area contributed by atoms with E-state index in [1.54, 1.807) is 6.26 Å². The van der Waals surface area contributed by atoms with Crippen molar-refractivity contribution < 1.29 is 13.9 Å². The second kappa shape index (κ2) is 7.33. The SMILES string of the molecule is C[C@@H]1CC[C@@H](C)N1C(=O)NCCCOCc1ccco1. The van der Waals surface area contributed by atoms with Gasteiger partial charge in [-0.05, 0) is 45.2 Å². The summed E-state index contributed by atoms with van der Waals surface area (Å²) in [4.78, 5) is 14.0. The summed E-state index contributed by atoms with van der Waals surface area (Å²) in [6.07, 6.45) is 4.64. The maximum absolute atomic E-state index is 12.0. The van der Waals surface area contributed by atoms with Crippen LogP contribution in [0.1, 0.15) is 38.9 Å². The number of hydrogen-bond acceptors (Lipinski definition) is 3. The van der Waals surface area contributed by atoms with Crippen LogP contribution in [0.2, 0.25) is 0 Å². The van der Waals surface area contributed by atoms with E-state index in [4.69, 9.17) is 9.15 Å². The Hall–Kier alpha value is -1.49. The fourth-order valence-electron chi connectivity index (χ4n) is 2.62. The number of furan rings is 1. The Balaban J connectivity index is 1.55. The van der Waals surface area contributed by atoms with Crippen LogP contribution in [-0.2, 0) is 11.3 Å². The molecule has 20 heavy (non-hydrogen) atoms. The van der Waals surface area contributed by atoms with Crippen LogP contribution < -0.4 is 5.32 Å². The highest BCUT2D eigenvalue weighted by molar-refractivity contribution is 5.75. The number of rotatable bonds is 6. The number of carbonyl (C=O) groups is 1. The third-order valence-electron chi connectivity index (χ3n) is 3.75. The van der Waals surface area contributed by atoms with Gasteiger partial charge in [-0.15, -0.1) is 0 Å². The second-order valence-corrected chi connectivity index (χ2v) is 5.40. The molecule has 1 aliphatic rings. The number of nitrogens with one attached hydrogen (secondary N) is 1. The highest BCUT2D eigenvalue weighted by atomic mass is 16.5. The van der Waals surface area contributed by atoms with Gasteiger partial charge in [0.1, 0.15) is 12.4 Å². The molecule has 0 bridgehead atoms. The molecule has 0 aromatic carbocycles. The van der Waals surface area contributed by atoms with Crippen molar-refractivity contribution in [1.29, 1.82) is 0 Å². The Kier molecular flexibility index (Phi) is 5.47. The van der Waals surface area contributed by atoms with E-state index in [1.807, 2.05) is 17.0 Å². The second-order valence-electron chi connectivity index (χ2n) is 5.40. The van der Waals surface area contributed by atoms with E-state index in [-0.39, 0.29) is 6.03 Å². The van der Waals surface area contributed by atoms with Crippen LogP contribution in [0.25, 0.3) is 0 Å². The van der Waals surface area contributed by atoms with Gasteiger partial charge in [-0.2, -0.15) is 0 Å². The Bertz CT molecular complexity index is 395. The first kappa shape index (κ1) is 14.9. The lowest BCUT2D eigenvalue weighted by Crippen LogP contribution is -2.45. The molecule has 0 saturated carbocycles. The van der Waals surface area contributed by atoms with Crippen molar-refractivity contribution in [3.8, 4) is 0 Å². The lowest BCUT2D eigenvalue weighted by atomic mass is 10.2. The van der Waals surface area contributed by atoms with Gasteiger partial charge in [-0.1, -0.05) is 0 Å². The molecule has 0 unspecified atom stereocenters. The van der Waals surface area contributed by atoms with Crippen LogP contribution in [0.4, 0.5) is 4.79 Å². The molecule has 2 atom stereocenters. The van der Waals surface area contributed by atoms with Gasteiger partial charge in [0.25, 0.3) is 0 Å². The largest absolute Gasteiger partial charge is 0.467 e. The first-order chi connectivity index (χ1) is 9.68. The topological polar surface area (TPSA) is 54.7 Å². The summed E-state index contributed by atoms with van der Waals surface area (Å²) >= 11 is 0. The van der Waals surface area contributed by atoms with Crippen molar-refractivity contribution in [1.82, 2.24) is 10.2 Å². The lowest BCUT2D eigenvalue weighted by Gasteiger charge is -2.26. The molecule has 5 nitrogen and oxygen atoms in total. The Labute approximate surface area is 120 Å². The molecule has 1 N–H and O–H groups in total. The normalized spacial score (nSPS) is 22.2. The van der Waals surface area contributed by atoms with Crippen LogP contribution in [0.5, 0.6) is 0 Å². The zero-order chi connectivity index (χ0) is 14.4. The molecule has 1 aromatic rings. The molecule has 1 aromatic heterocycles. The standard InChI is InChI=1S/C15H24N2O3/c1-12-6-7-13(2)17(12)15(18)16-8-4-9-19-11-14-5-3-10-20-14/h3,5,10,12-13H,4,6-9,11H2,1-2H3,(H,16,18)/t12-,13-/m1/s1. The van der Waals surface area contributed by atoms with Gasteiger partial charge in [0.05, 0.1) is 6.26 Å². The first-order valence-corrected chi connectivity index (χ1v) is 7.34. The summed E-state index contributed by atoms with van der Waals surface area (Å²) in [6.45, 7) is 5.96. The molecule has 112 valence electrons. The van der Waals surface area contributed by atoms with Gasteiger partial charge in [0, 0.05) is 25.2 Å². The average molecular weight is 280 g/mol. The van der Waals surface area contributed by atoms with Crippen LogP contribution in [0, 0.1) is 0 Å². The molecule has 2 rings (SSSR count). The van der Waals surface area contributed by atoms with Crippen LogP contribution >= 0.6 is 0 Å². The van der Waals surface area contributed by atoms with Crippen molar-refractivity contribution >= 4 is 6.03 Å². The van der Waals surface area contributed by atoms with E-state index >= 15 is 0 Å². The van der Waals surface area contributed by atoms with Gasteiger partial charge in [-0.25, -0.2) is 4.79 Å². The Morgan fingerprint density at radius 1 is 1.45 bits per heavy atom. The fourth-order valence-corrected chi connectivity index (χ4v) is 2.62. The predicted octanol–water partition coefficient (Wildman–Crippen LogP) is 2.77. The van der Waals surface area contributed by atoms with E-state index in [0.717, 1.165) is 25.0 Å². The minimum atomic E-state index is 0.0496. The maximum atomic E-state index is 12.0. The minimum Gasteiger partial charge on any atom is -0.467 e. The minimum absolute atomic E-state index is 0.0496. The molecule has 2 heterocycles. The summed E-state index contributed by atoms with van der Waals surface area (Å²) in [5.41, 5.74) is 0. The molecule has 1 aliphatic heterocycles. The molecule has 0 aliphatic carbocycles. The van der Waals surface area contributed by atoms with Gasteiger partial charge < -0.3 is 19.4 Å². The lowest BCUT2D eigenvalue weighted by molar-refractivity contribution is 0.104. The molecule has 1 fully saturated rings. The van der Waals surface area contributed by atoms with Gasteiger partial charge in [0.2, 0.25) is 0 Å². The fraction of sp³-hybridized carbons (Fsp3) is 0.667. The van der Waals surface area contributed by atoms with Gasteiger partial charge in [-0.3, -0.25) is 0 Å². The number of hydrogen-bond donors (Lipinski definition) is 1. The average Bonchev–Trinajstić information content (AvgIpc) is 3.04. The quantitative estimate of drug-likeness (QED) is 0.815. The van der Waals surface area contributed by atoms with Gasteiger partial charge in [0.15, 0.2) is 0 Å². The summed E-state index contributed by atoms with van der Waals surface area (Å²) in [5, 5.41) is 2.96. The van der Waals surface area contributed by atoms with Crippen molar-refractivity contribution in [2.24, 2.45) is 0 Å². The van der Waals surface area contributed by atoms with Crippen LogP contribution in [0.15, 0.2) is 22.8 Å². The van der Waals surface area contributed by atoms with Crippen molar-refractivity contribution in [3.05, 3.63) is 24.2 Å². The number of likely N-dealkylation sites (tertiary alicyclic amines) is 1. The first-order valence-electron chi connectivity index (χ1n) is 7.34. The molecule has 0 spiro atoms. The predicted molar refractivity (Wildman–Crippen MR) is 76.4 cm³/mol. The van der Waals surface area contributed by atoms with Crippen LogP contribution in [0.3, 0.4) is 0 Å². The van der Waals surface area contributed by atoms with E-state index in [9.17, 15) is 4.79 Å². The number of carbonyl (C=O) groups excluding carboxylic acids is 1. The van der Waals surface area contributed by atoms with Crippen molar-refractivity contribution in [2.45, 2.75) is 51.8 Å². The zero-order valence-electron chi connectivity index (χ0n) is 12.3. The monoisotopic (exact) mass is 280 g/mol. The molecule has 1 saturated heterocycles. The molecule has 0 radical (unpaired) electrons. The van der Waals surface area contributed by atoms with E-state index < -0.39 is 0 Å². The van der Waals surface area contributed by atoms with Crippen molar-refractivity contribution in [3.63, 3.8) is 0 Å². The van der Waals surface area contributed by atoms with Gasteiger partial charge >= 0.3 is 6.03 Å². The zero-order valence-corrected chi connectivity index (χ0v) is 12.3. The van der Waals surface area contributed by atoms with E-state index in [0.29, 0.717) is 31.8 Å². The van der Waals surface area contributed by atoms with Crippen LogP contribution in [-0.4, -0.2) is 36.2 Å².